The molecule has 0 aromatic heterocycles. The van der Waals surface area contributed by atoms with Crippen molar-refractivity contribution >= 4 is 5.97 Å². The Labute approximate surface area is 92.7 Å². The van der Waals surface area contributed by atoms with Crippen molar-refractivity contribution in [2.45, 2.75) is 51.6 Å². The average molecular weight is 219 g/mol. The molecule has 4 nitrogen and oxygen atoms in total. The minimum Gasteiger partial charge on any atom is -0.463 e. The molecule has 0 fully saturated rings. The van der Waals surface area contributed by atoms with Gasteiger partial charge in [0, 0.05) is 6.42 Å². The summed E-state index contributed by atoms with van der Waals surface area (Å²) in [5, 5.41) is 17.5. The van der Waals surface area contributed by atoms with Crippen LogP contribution in [0.15, 0.2) is 0 Å². The van der Waals surface area contributed by atoms with Gasteiger partial charge in [-0.2, -0.15) is 0 Å². The van der Waals surface area contributed by atoms with E-state index >= 15 is 0 Å². The van der Waals surface area contributed by atoms with Gasteiger partial charge >= 0.3 is 5.97 Å². The lowest BCUT2D eigenvalue weighted by Gasteiger charge is -2.08. The maximum Gasteiger partial charge on any atom is 0.305 e. The molecule has 15 heavy (non-hydrogen) atoms. The Hall–Kier alpha value is -0.610. The number of aliphatic hydroxyl groups excluding tert-OH is 2. The van der Waals surface area contributed by atoms with Crippen molar-refractivity contribution in [2.75, 3.05) is 13.2 Å². The molecule has 2 N–H and O–H groups in total. The first-order valence-electron chi connectivity index (χ1n) is 6.10. The van der Waals surface area contributed by atoms with Crippen LogP contribution in [0.25, 0.3) is 0 Å². The number of carbonyl (C=O) groups excluding carboxylic acids is 1. The first kappa shape index (κ1) is 12.5. The predicted octanol–water partition coefficient (Wildman–Crippen LogP) is 1.24. The highest BCUT2D eigenvalue weighted by molar-refractivity contribution is 5.69. The van der Waals surface area contributed by atoms with Gasteiger partial charge in [0.25, 0.3) is 0 Å². The van der Waals surface area contributed by atoms with Crippen molar-refractivity contribution in [1.29, 1.82) is 0 Å². The third kappa shape index (κ3) is 9.69. The zero-order valence-electron chi connectivity index (χ0n) is 10.3. The van der Waals surface area contributed by atoms with E-state index in [0.29, 0.717) is 0 Å². The number of aliphatic hydroxyl groups is 2. The van der Waals surface area contributed by atoms with Crippen LogP contribution in [-0.4, -0.2) is 35.5 Å². The van der Waals surface area contributed by atoms with Gasteiger partial charge in [-0.3, -0.25) is 4.79 Å². The summed E-state index contributed by atoms with van der Waals surface area (Å²) in [6.07, 6.45) is 4.12. The van der Waals surface area contributed by atoms with Crippen molar-refractivity contribution in [3.8, 4) is 0 Å². The standard InChI is InChI=1S/C11H22O4/c1-2-3-4-5-6-7-11(14)15-9-10(13)8-12/h10,12-13H,2-9H2,1H3/i9D. The van der Waals surface area contributed by atoms with Crippen molar-refractivity contribution in [2.24, 2.45) is 0 Å². The number of hydrogen-bond donors (Lipinski definition) is 2. The minimum atomic E-state index is -1.38. The fourth-order valence-electron chi connectivity index (χ4n) is 1.13. The normalized spacial score (nSPS) is 15.5. The molecule has 0 radical (unpaired) electrons. The van der Waals surface area contributed by atoms with E-state index in [0.717, 1.165) is 25.7 Å². The zero-order valence-corrected chi connectivity index (χ0v) is 9.32. The molecule has 0 aromatic carbocycles. The van der Waals surface area contributed by atoms with E-state index in [9.17, 15) is 4.79 Å². The van der Waals surface area contributed by atoms with Crippen molar-refractivity contribution in [1.82, 2.24) is 0 Å². The van der Waals surface area contributed by atoms with Gasteiger partial charge in [0.05, 0.1) is 7.98 Å². The van der Waals surface area contributed by atoms with Crippen molar-refractivity contribution < 1.29 is 21.1 Å². The zero-order chi connectivity index (χ0) is 12.4. The Morgan fingerprint density at radius 1 is 1.40 bits per heavy atom. The maximum absolute atomic E-state index is 11.2. The quantitative estimate of drug-likeness (QED) is 0.452. The van der Waals surface area contributed by atoms with Gasteiger partial charge in [0.1, 0.15) is 12.7 Å². The number of carbonyl (C=O) groups is 1. The Morgan fingerprint density at radius 2 is 2.07 bits per heavy atom. The van der Waals surface area contributed by atoms with Crippen LogP contribution in [0.3, 0.4) is 0 Å². The molecule has 0 spiro atoms. The summed E-state index contributed by atoms with van der Waals surface area (Å²) in [7, 11) is 0. The minimum absolute atomic E-state index is 0.275. The van der Waals surface area contributed by atoms with Crippen LogP contribution in [0.1, 0.15) is 46.8 Å². The van der Waals surface area contributed by atoms with Crippen LogP contribution in [0.2, 0.25) is 0 Å². The molecule has 4 heteroatoms. The molecular formula is C11H22O4. The number of hydrogen-bond acceptors (Lipinski definition) is 4. The Balaban J connectivity index is 3.51. The highest BCUT2D eigenvalue weighted by Crippen LogP contribution is 2.05. The second kappa shape index (κ2) is 9.93. The number of unbranched alkanes of at least 4 members (excludes halogenated alkanes) is 4. The van der Waals surface area contributed by atoms with Gasteiger partial charge in [-0.1, -0.05) is 32.6 Å². The van der Waals surface area contributed by atoms with E-state index in [1.807, 2.05) is 0 Å². The van der Waals surface area contributed by atoms with E-state index < -0.39 is 25.3 Å². The van der Waals surface area contributed by atoms with E-state index in [1.54, 1.807) is 0 Å². The molecule has 0 aliphatic carbocycles. The molecule has 2 unspecified atom stereocenters. The summed E-state index contributed by atoms with van der Waals surface area (Å²) in [6, 6.07) is 0. The van der Waals surface area contributed by atoms with E-state index in [-0.39, 0.29) is 6.42 Å². The topological polar surface area (TPSA) is 66.8 Å². The Morgan fingerprint density at radius 3 is 2.67 bits per heavy atom. The largest absolute Gasteiger partial charge is 0.463 e. The molecule has 0 amide bonds. The molecule has 0 heterocycles. The highest BCUT2D eigenvalue weighted by Gasteiger charge is 2.06. The van der Waals surface area contributed by atoms with Gasteiger partial charge in [-0.05, 0) is 6.42 Å². The molecule has 90 valence electrons. The Bertz CT molecular complexity index is 187. The van der Waals surface area contributed by atoms with Gasteiger partial charge in [-0.15, -0.1) is 0 Å². The summed E-state index contributed by atoms with van der Waals surface area (Å²) in [6.45, 7) is 0.167. The van der Waals surface area contributed by atoms with Crippen LogP contribution >= 0.6 is 0 Å². The van der Waals surface area contributed by atoms with Crippen molar-refractivity contribution in [3.05, 3.63) is 0 Å². The second-order valence-corrected chi connectivity index (χ2v) is 3.54. The molecule has 0 saturated carbocycles. The average Bonchev–Trinajstić information content (AvgIpc) is 2.27. The third-order valence-corrected chi connectivity index (χ3v) is 2.03. The van der Waals surface area contributed by atoms with E-state index in [2.05, 4.69) is 11.7 Å². The first-order chi connectivity index (χ1) is 7.61. The van der Waals surface area contributed by atoms with Gasteiger partial charge in [0.15, 0.2) is 0 Å². The van der Waals surface area contributed by atoms with Gasteiger partial charge in [-0.25, -0.2) is 0 Å². The van der Waals surface area contributed by atoms with Gasteiger partial charge in [0.2, 0.25) is 0 Å². The molecule has 0 aliphatic heterocycles. The van der Waals surface area contributed by atoms with Crippen LogP contribution in [0.5, 0.6) is 0 Å². The summed E-state index contributed by atoms with van der Waals surface area (Å²) in [4.78, 5) is 11.2. The second-order valence-electron chi connectivity index (χ2n) is 3.54. The predicted molar refractivity (Wildman–Crippen MR) is 57.4 cm³/mol. The number of ether oxygens (including phenoxy) is 1. The summed E-state index contributed by atoms with van der Waals surface area (Å²) in [5.41, 5.74) is 0. The Kier molecular flexibility index (Phi) is 8.25. The fraction of sp³-hybridized carbons (Fsp3) is 0.909. The maximum atomic E-state index is 11.2. The third-order valence-electron chi connectivity index (χ3n) is 2.03. The van der Waals surface area contributed by atoms with Crippen molar-refractivity contribution in [3.63, 3.8) is 0 Å². The smallest absolute Gasteiger partial charge is 0.305 e. The fourth-order valence-corrected chi connectivity index (χ4v) is 1.13. The molecule has 0 bridgehead atoms. The molecule has 2 atom stereocenters. The summed E-state index contributed by atoms with van der Waals surface area (Å²) in [5.74, 6) is -0.482. The van der Waals surface area contributed by atoms with Gasteiger partial charge < -0.3 is 14.9 Å². The van der Waals surface area contributed by atoms with Crippen LogP contribution in [-0.2, 0) is 9.53 Å². The molecule has 0 rings (SSSR count). The van der Waals surface area contributed by atoms with E-state index in [4.69, 9.17) is 11.6 Å². The van der Waals surface area contributed by atoms with E-state index in [1.165, 1.54) is 6.42 Å². The summed E-state index contributed by atoms with van der Waals surface area (Å²) >= 11 is 0. The summed E-state index contributed by atoms with van der Waals surface area (Å²) < 4.78 is 11.8. The first-order valence-corrected chi connectivity index (χ1v) is 5.52. The lowest BCUT2D eigenvalue weighted by Crippen LogP contribution is -2.21. The number of rotatable bonds is 9. The molecule has 0 aromatic rings. The molecule has 0 saturated heterocycles. The highest BCUT2D eigenvalue weighted by atomic mass is 16.5. The van der Waals surface area contributed by atoms with Crippen LogP contribution in [0.4, 0.5) is 0 Å². The number of esters is 1. The molecule has 0 aliphatic rings. The SMILES string of the molecule is [2H]C(OC(=O)CCCCCCC)C(O)CO. The monoisotopic (exact) mass is 219 g/mol. The van der Waals surface area contributed by atoms with Crippen LogP contribution < -0.4 is 0 Å². The lowest BCUT2D eigenvalue weighted by molar-refractivity contribution is -0.147. The lowest BCUT2D eigenvalue weighted by atomic mass is 10.1. The van der Waals surface area contributed by atoms with Crippen LogP contribution in [0, 0.1) is 0 Å². The molecular weight excluding hydrogens is 196 g/mol.